The first-order chi connectivity index (χ1) is 25.4. The van der Waals surface area contributed by atoms with E-state index in [0.29, 0.717) is 37.0 Å². The van der Waals surface area contributed by atoms with E-state index in [-0.39, 0.29) is 36.1 Å². The van der Waals surface area contributed by atoms with E-state index in [0.717, 1.165) is 16.9 Å². The summed E-state index contributed by atoms with van der Waals surface area (Å²) in [6, 6.07) is 19.9. The normalized spacial score (nSPS) is 17.0. The Labute approximate surface area is 309 Å². The molecule has 0 fully saturated rings. The van der Waals surface area contributed by atoms with Gasteiger partial charge in [0.1, 0.15) is 17.6 Å². The predicted octanol–water partition coefficient (Wildman–Crippen LogP) is 8.36. The molecule has 1 aliphatic rings. The van der Waals surface area contributed by atoms with Crippen molar-refractivity contribution in [1.29, 1.82) is 0 Å². The average molecular weight is 758 g/mol. The molecule has 288 valence electrons. The smallest absolute Gasteiger partial charge is 0.416 e. The topological polar surface area (TPSA) is 91.3 Å². The number of fused-ring (bicyclic) bond motifs is 1. The molecule has 0 spiro atoms. The van der Waals surface area contributed by atoms with E-state index in [9.17, 15) is 41.0 Å². The molecule has 14 heteroatoms. The van der Waals surface area contributed by atoms with Crippen molar-refractivity contribution in [1.82, 2.24) is 9.80 Å². The number of ether oxygens (including phenoxy) is 2. The molecule has 0 radical (unpaired) electrons. The van der Waals surface area contributed by atoms with Crippen LogP contribution in [-0.4, -0.2) is 65.6 Å². The molecule has 0 aromatic heterocycles. The lowest BCUT2D eigenvalue weighted by Gasteiger charge is -2.38. The Morgan fingerprint density at radius 3 is 2.35 bits per heavy atom. The van der Waals surface area contributed by atoms with Crippen LogP contribution in [0.15, 0.2) is 84.9 Å². The summed E-state index contributed by atoms with van der Waals surface area (Å²) >= 11 is 0. The number of nitrogens with one attached hydrogen (secondary N) is 1. The molecule has 5 rings (SSSR count). The highest BCUT2D eigenvalue weighted by atomic mass is 19.4. The molecule has 1 aliphatic heterocycles. The number of likely N-dealkylation sites (N-methyl/N-ethyl adjacent to an activating group) is 1. The van der Waals surface area contributed by atoms with E-state index in [1.54, 1.807) is 6.92 Å². The maximum atomic E-state index is 13.9. The Morgan fingerprint density at radius 1 is 1.00 bits per heavy atom. The lowest BCUT2D eigenvalue weighted by Crippen LogP contribution is -2.49. The summed E-state index contributed by atoms with van der Waals surface area (Å²) in [5.74, 6) is -0.502. The van der Waals surface area contributed by atoms with Crippen LogP contribution in [0, 0.1) is 12.8 Å². The second kappa shape index (κ2) is 16.5. The van der Waals surface area contributed by atoms with Crippen LogP contribution in [0.25, 0.3) is 0 Å². The zero-order valence-electron chi connectivity index (χ0n) is 30.1. The number of para-hydroxylation sites is 2. The van der Waals surface area contributed by atoms with Gasteiger partial charge in [-0.3, -0.25) is 14.5 Å². The summed E-state index contributed by atoms with van der Waals surface area (Å²) in [4.78, 5) is 30.6. The number of amides is 2. The fraction of sp³-hybridized carbons (Fsp3) is 0.350. The molecular formula is C40H41F6N3O5. The summed E-state index contributed by atoms with van der Waals surface area (Å²) in [5, 5.41) is 12.5. The maximum absolute atomic E-state index is 13.9. The highest BCUT2D eigenvalue weighted by molar-refractivity contribution is 6.02. The zero-order valence-corrected chi connectivity index (χ0v) is 30.1. The first-order valence-corrected chi connectivity index (χ1v) is 17.2. The lowest BCUT2D eigenvalue weighted by atomic mass is 9.98. The number of aliphatic hydroxyl groups is 1. The number of nitrogens with zero attached hydrogens (tertiary/aromatic N) is 2. The van der Waals surface area contributed by atoms with E-state index in [2.05, 4.69) is 5.32 Å². The van der Waals surface area contributed by atoms with Gasteiger partial charge in [-0.25, -0.2) is 0 Å². The molecule has 0 saturated heterocycles. The number of carbonyl (C=O) groups is 2. The monoisotopic (exact) mass is 757 g/mol. The van der Waals surface area contributed by atoms with Gasteiger partial charge in [0.15, 0.2) is 5.75 Å². The van der Waals surface area contributed by atoms with E-state index in [1.807, 2.05) is 74.3 Å². The minimum absolute atomic E-state index is 0.0342. The third kappa shape index (κ3) is 9.71. The maximum Gasteiger partial charge on any atom is 0.416 e. The third-order valence-corrected chi connectivity index (χ3v) is 9.24. The van der Waals surface area contributed by atoms with Crippen molar-refractivity contribution < 1.29 is 50.5 Å². The van der Waals surface area contributed by atoms with Gasteiger partial charge in [0.05, 0.1) is 41.4 Å². The molecule has 0 aliphatic carbocycles. The van der Waals surface area contributed by atoms with Crippen molar-refractivity contribution in [3.63, 3.8) is 0 Å². The first kappa shape index (κ1) is 40.1. The van der Waals surface area contributed by atoms with Gasteiger partial charge in [0.2, 0.25) is 5.91 Å². The summed E-state index contributed by atoms with van der Waals surface area (Å²) in [6.07, 6.45) is -11.6. The summed E-state index contributed by atoms with van der Waals surface area (Å²) in [6.45, 7) is 6.22. The van der Waals surface area contributed by atoms with Gasteiger partial charge < -0.3 is 24.8 Å². The fourth-order valence-corrected chi connectivity index (χ4v) is 6.26. The largest absolute Gasteiger partial charge is 0.486 e. The van der Waals surface area contributed by atoms with Gasteiger partial charge in [-0.2, -0.15) is 26.3 Å². The second-order valence-corrected chi connectivity index (χ2v) is 13.6. The fourth-order valence-electron chi connectivity index (χ4n) is 6.26. The first-order valence-electron chi connectivity index (χ1n) is 17.2. The molecule has 54 heavy (non-hydrogen) atoms. The van der Waals surface area contributed by atoms with Crippen molar-refractivity contribution in [2.24, 2.45) is 5.92 Å². The summed E-state index contributed by atoms with van der Waals surface area (Å²) < 4.78 is 94.1. The van der Waals surface area contributed by atoms with Crippen LogP contribution in [0.1, 0.15) is 52.0 Å². The Balaban J connectivity index is 1.39. The molecular weight excluding hydrogens is 716 g/mol. The Hall–Kier alpha value is -5.08. The zero-order chi connectivity index (χ0) is 39.4. The number of hydrogen-bond donors (Lipinski definition) is 2. The van der Waals surface area contributed by atoms with Crippen LogP contribution in [0.3, 0.4) is 0 Å². The Bertz CT molecular complexity index is 1950. The van der Waals surface area contributed by atoms with Crippen molar-refractivity contribution in [3.05, 3.63) is 118 Å². The molecule has 2 amide bonds. The Morgan fingerprint density at radius 2 is 1.70 bits per heavy atom. The van der Waals surface area contributed by atoms with Crippen LogP contribution in [0.4, 0.5) is 32.0 Å². The molecule has 0 bridgehead atoms. The quantitative estimate of drug-likeness (QED) is 0.150. The number of aliphatic hydroxyl groups excluding tert-OH is 1. The minimum atomic E-state index is -5.02. The van der Waals surface area contributed by atoms with Crippen molar-refractivity contribution in [2.75, 3.05) is 32.1 Å². The number of aryl methyl sites for hydroxylation is 1. The molecule has 0 saturated carbocycles. The average Bonchev–Trinajstić information content (AvgIpc) is 3.10. The van der Waals surface area contributed by atoms with Crippen LogP contribution in [0.2, 0.25) is 0 Å². The Kier molecular flexibility index (Phi) is 12.3. The number of benzene rings is 4. The standard InChI is InChI=1S/C40H41F6N3O5/c1-24-8-5-6-11-34(24)53-30-15-12-27(13-16-30)21-48(4)22-35-25(2)20-49(26(3)23-50)38(52)31-9-7-10-33(37(31)54-35)47-36(51)19-28-18-29(39(41,42)43)14-17-32(28)40(44,45)46/h5-18,25-26,35,50H,19-23H2,1-4H3,(H,47,51)/t25-,26?,35-/m1/s1. The lowest BCUT2D eigenvalue weighted by molar-refractivity contribution is -0.142. The van der Waals surface area contributed by atoms with Gasteiger partial charge in [-0.15, -0.1) is 0 Å². The number of rotatable bonds is 11. The van der Waals surface area contributed by atoms with Crippen LogP contribution < -0.4 is 14.8 Å². The van der Waals surface area contributed by atoms with Crippen molar-refractivity contribution >= 4 is 17.5 Å². The highest BCUT2D eigenvalue weighted by Gasteiger charge is 2.38. The number of carbonyl (C=O) groups excluding carboxylic acids is 2. The summed E-state index contributed by atoms with van der Waals surface area (Å²) in [7, 11) is 1.88. The molecule has 3 atom stereocenters. The van der Waals surface area contributed by atoms with E-state index in [4.69, 9.17) is 9.47 Å². The second-order valence-electron chi connectivity index (χ2n) is 13.6. The van der Waals surface area contributed by atoms with Crippen molar-refractivity contribution in [2.45, 2.75) is 58.2 Å². The van der Waals surface area contributed by atoms with Gasteiger partial charge in [-0.05, 0) is 86.1 Å². The highest BCUT2D eigenvalue weighted by Crippen LogP contribution is 2.38. The molecule has 2 N–H and O–H groups in total. The van der Waals surface area contributed by atoms with Crippen LogP contribution in [0.5, 0.6) is 17.2 Å². The van der Waals surface area contributed by atoms with Gasteiger partial charge >= 0.3 is 12.4 Å². The third-order valence-electron chi connectivity index (χ3n) is 9.24. The van der Waals surface area contributed by atoms with Gasteiger partial charge in [0.25, 0.3) is 5.91 Å². The van der Waals surface area contributed by atoms with E-state index in [1.165, 1.54) is 23.1 Å². The SMILES string of the molecule is Cc1ccccc1Oc1ccc(CN(C)C[C@H]2Oc3c(NC(=O)Cc4cc(C(F)(F)F)ccc4C(F)(F)F)cccc3C(=O)N(C(C)CO)C[C@H]2C)cc1. The molecule has 4 aromatic carbocycles. The van der Waals surface area contributed by atoms with Crippen molar-refractivity contribution in [3.8, 4) is 17.2 Å². The van der Waals surface area contributed by atoms with Gasteiger partial charge in [-0.1, -0.05) is 43.3 Å². The number of anilines is 1. The summed E-state index contributed by atoms with van der Waals surface area (Å²) in [5.41, 5.74) is -1.61. The minimum Gasteiger partial charge on any atom is -0.486 e. The molecule has 4 aromatic rings. The molecule has 1 unspecified atom stereocenters. The van der Waals surface area contributed by atoms with E-state index >= 15 is 0 Å². The van der Waals surface area contributed by atoms with Gasteiger partial charge in [0, 0.05) is 25.6 Å². The predicted molar refractivity (Wildman–Crippen MR) is 190 cm³/mol. The van der Waals surface area contributed by atoms with E-state index < -0.39 is 59.4 Å². The number of alkyl halides is 6. The molecule has 8 nitrogen and oxygen atoms in total. The number of halogens is 6. The van der Waals surface area contributed by atoms with Crippen LogP contribution >= 0.6 is 0 Å². The number of hydrogen-bond acceptors (Lipinski definition) is 6. The van der Waals surface area contributed by atoms with Crippen LogP contribution in [-0.2, 0) is 30.1 Å². The molecule has 1 heterocycles.